The fourth-order valence-electron chi connectivity index (χ4n) is 4.70. The Kier molecular flexibility index (Phi) is 6.99. The Morgan fingerprint density at radius 3 is 2.65 bits per heavy atom. The molecule has 2 aromatic carbocycles. The molecule has 2 aromatic heterocycles. The summed E-state index contributed by atoms with van der Waals surface area (Å²) in [6, 6.07) is 15.6. The van der Waals surface area contributed by atoms with Gasteiger partial charge >= 0.3 is 0 Å². The van der Waals surface area contributed by atoms with Gasteiger partial charge in [0.2, 0.25) is 0 Å². The van der Waals surface area contributed by atoms with E-state index in [-0.39, 0.29) is 18.7 Å². The van der Waals surface area contributed by atoms with Crippen LogP contribution in [0.4, 0.5) is 14.5 Å². The van der Waals surface area contributed by atoms with E-state index >= 15 is 0 Å². The minimum absolute atomic E-state index is 0.109. The molecular formula is C28H30F2N6O. The van der Waals surface area contributed by atoms with E-state index in [0.29, 0.717) is 36.4 Å². The van der Waals surface area contributed by atoms with Crippen molar-refractivity contribution in [2.24, 2.45) is 0 Å². The molecule has 7 nitrogen and oxygen atoms in total. The number of benzene rings is 2. The molecular weight excluding hydrogens is 474 g/mol. The van der Waals surface area contributed by atoms with E-state index in [4.69, 9.17) is 0 Å². The average Bonchev–Trinajstić information content (AvgIpc) is 3.29. The van der Waals surface area contributed by atoms with E-state index in [2.05, 4.69) is 25.4 Å². The van der Waals surface area contributed by atoms with Gasteiger partial charge in [-0.1, -0.05) is 18.2 Å². The van der Waals surface area contributed by atoms with Gasteiger partial charge in [-0.2, -0.15) is 5.10 Å². The van der Waals surface area contributed by atoms with Crippen LogP contribution in [0.25, 0.3) is 22.0 Å². The summed E-state index contributed by atoms with van der Waals surface area (Å²) in [4.78, 5) is 21.6. The highest BCUT2D eigenvalue weighted by atomic mass is 19.3. The summed E-state index contributed by atoms with van der Waals surface area (Å²) in [5.41, 5.74) is 5.64. The van der Waals surface area contributed by atoms with Gasteiger partial charge in [-0.15, -0.1) is 0 Å². The number of amides is 1. The van der Waals surface area contributed by atoms with Gasteiger partial charge in [-0.05, 0) is 61.1 Å². The molecule has 1 saturated heterocycles. The monoisotopic (exact) mass is 504 g/mol. The first-order valence-corrected chi connectivity index (χ1v) is 12.3. The van der Waals surface area contributed by atoms with E-state index in [1.54, 1.807) is 12.4 Å². The number of piperidine rings is 1. The number of aromatic amines is 1. The highest BCUT2D eigenvalue weighted by Crippen LogP contribution is 2.30. The number of hydrogen-bond donors (Lipinski definition) is 2. The predicted molar refractivity (Wildman–Crippen MR) is 141 cm³/mol. The van der Waals surface area contributed by atoms with Gasteiger partial charge in [0, 0.05) is 68.1 Å². The van der Waals surface area contributed by atoms with E-state index in [1.165, 1.54) is 0 Å². The minimum Gasteiger partial charge on any atom is -0.321 e. The van der Waals surface area contributed by atoms with Crippen molar-refractivity contribution in [1.82, 2.24) is 25.0 Å². The Morgan fingerprint density at radius 2 is 1.86 bits per heavy atom. The Labute approximate surface area is 214 Å². The number of fused-ring (bicyclic) bond motifs is 1. The number of halogens is 2. The van der Waals surface area contributed by atoms with E-state index in [9.17, 15) is 13.6 Å². The molecule has 1 amide bonds. The maximum atomic E-state index is 13.5. The van der Waals surface area contributed by atoms with Crippen molar-refractivity contribution in [2.75, 3.05) is 32.5 Å². The van der Waals surface area contributed by atoms with E-state index < -0.39 is 5.92 Å². The van der Waals surface area contributed by atoms with Crippen molar-refractivity contribution in [1.29, 1.82) is 0 Å². The fourth-order valence-corrected chi connectivity index (χ4v) is 4.70. The number of H-pyrrole nitrogens is 1. The van der Waals surface area contributed by atoms with Gasteiger partial charge in [0.25, 0.3) is 11.8 Å². The van der Waals surface area contributed by atoms with Gasteiger partial charge in [0.05, 0.1) is 5.52 Å². The van der Waals surface area contributed by atoms with Crippen LogP contribution in [0, 0.1) is 0 Å². The zero-order chi connectivity index (χ0) is 26.0. The van der Waals surface area contributed by atoms with E-state index in [0.717, 1.165) is 34.3 Å². The van der Waals surface area contributed by atoms with Gasteiger partial charge < -0.3 is 10.2 Å². The highest BCUT2D eigenvalue weighted by Gasteiger charge is 2.33. The molecule has 0 radical (unpaired) electrons. The molecule has 192 valence electrons. The number of alkyl halides is 2. The van der Waals surface area contributed by atoms with Crippen LogP contribution in [0.3, 0.4) is 0 Å². The second-order valence-corrected chi connectivity index (χ2v) is 9.94. The number of hydrogen-bond acceptors (Lipinski definition) is 5. The Balaban J connectivity index is 1.34. The normalized spacial score (nSPS) is 15.8. The Morgan fingerprint density at radius 1 is 1.05 bits per heavy atom. The number of nitrogens with zero attached hydrogens (tertiary/aromatic N) is 4. The van der Waals surface area contributed by atoms with Gasteiger partial charge in [-0.25, -0.2) is 8.78 Å². The molecule has 0 bridgehead atoms. The predicted octanol–water partition coefficient (Wildman–Crippen LogP) is 5.17. The number of carbonyl (C=O) groups excluding carboxylic acids is 1. The molecule has 37 heavy (non-hydrogen) atoms. The third kappa shape index (κ3) is 6.00. The summed E-state index contributed by atoms with van der Waals surface area (Å²) in [5, 5.41) is 10.9. The van der Waals surface area contributed by atoms with Crippen LogP contribution in [-0.4, -0.2) is 64.0 Å². The lowest BCUT2D eigenvalue weighted by Gasteiger charge is -2.31. The lowest BCUT2D eigenvalue weighted by atomic mass is 10.0. The van der Waals surface area contributed by atoms with Gasteiger partial charge in [0.15, 0.2) is 5.69 Å². The van der Waals surface area contributed by atoms with Crippen LogP contribution >= 0.6 is 0 Å². The summed E-state index contributed by atoms with van der Waals surface area (Å²) >= 11 is 0. The number of aromatic nitrogens is 3. The summed E-state index contributed by atoms with van der Waals surface area (Å²) in [5.74, 6) is -2.85. The van der Waals surface area contributed by atoms with Crippen LogP contribution in [0.2, 0.25) is 0 Å². The van der Waals surface area contributed by atoms with Crippen LogP contribution in [0.15, 0.2) is 60.9 Å². The maximum absolute atomic E-state index is 13.5. The average molecular weight is 505 g/mol. The number of nitrogens with one attached hydrogen (secondary N) is 2. The smallest absolute Gasteiger partial charge is 0.276 e. The molecule has 1 aliphatic heterocycles. The molecule has 4 aromatic rings. The van der Waals surface area contributed by atoms with Crippen molar-refractivity contribution in [3.05, 3.63) is 77.7 Å². The van der Waals surface area contributed by atoms with Crippen LogP contribution in [0.5, 0.6) is 0 Å². The summed E-state index contributed by atoms with van der Waals surface area (Å²) in [6.45, 7) is 2.09. The summed E-state index contributed by atoms with van der Waals surface area (Å²) in [6.07, 6.45) is 3.32. The molecule has 2 N–H and O–H groups in total. The SMILES string of the molecule is CN(C)Cc1cccc(NC(=O)c2n[nH]c3ccc(-c4cncc(CN5CCC(F)(F)CC5)c4)cc23)c1. The number of likely N-dealkylation sites (tertiary alicyclic amines) is 1. The minimum atomic E-state index is -2.56. The maximum Gasteiger partial charge on any atom is 0.276 e. The van der Waals surface area contributed by atoms with Gasteiger partial charge in [-0.3, -0.25) is 19.8 Å². The Hall–Kier alpha value is -3.69. The van der Waals surface area contributed by atoms with Gasteiger partial charge in [0.1, 0.15) is 0 Å². The summed E-state index contributed by atoms with van der Waals surface area (Å²) in [7, 11) is 4.00. The van der Waals surface area contributed by atoms with Crippen molar-refractivity contribution in [3.63, 3.8) is 0 Å². The molecule has 1 fully saturated rings. The molecule has 9 heteroatoms. The molecule has 0 unspecified atom stereocenters. The van der Waals surface area contributed by atoms with Crippen molar-refractivity contribution < 1.29 is 13.6 Å². The first-order valence-electron chi connectivity index (χ1n) is 12.3. The second kappa shape index (κ2) is 10.4. The topological polar surface area (TPSA) is 77.1 Å². The third-order valence-corrected chi connectivity index (χ3v) is 6.58. The molecule has 0 aliphatic carbocycles. The first-order chi connectivity index (χ1) is 17.8. The van der Waals surface area contributed by atoms with E-state index in [1.807, 2.05) is 67.5 Å². The highest BCUT2D eigenvalue weighted by molar-refractivity contribution is 6.11. The standard InChI is InChI=1S/C28H30F2N6O/c1-35(2)17-19-4-3-5-23(13-19)32-27(37)26-24-14-21(6-7-25(24)33-34-26)22-12-20(15-31-16-22)18-36-10-8-28(29,30)9-11-36/h3-7,12-16H,8-11,17-18H2,1-2H3,(H,32,37)(H,33,34). The Bertz CT molecular complexity index is 1410. The zero-order valence-corrected chi connectivity index (χ0v) is 21.0. The van der Waals surface area contributed by atoms with Crippen molar-refractivity contribution in [3.8, 4) is 11.1 Å². The van der Waals surface area contributed by atoms with Crippen LogP contribution in [-0.2, 0) is 13.1 Å². The lowest BCUT2D eigenvalue weighted by Crippen LogP contribution is -2.38. The van der Waals surface area contributed by atoms with Crippen molar-refractivity contribution in [2.45, 2.75) is 31.9 Å². The first kappa shape index (κ1) is 25.0. The molecule has 0 saturated carbocycles. The number of pyridine rings is 1. The molecule has 3 heterocycles. The third-order valence-electron chi connectivity index (χ3n) is 6.58. The largest absolute Gasteiger partial charge is 0.321 e. The molecule has 0 spiro atoms. The molecule has 1 aliphatic rings. The molecule has 0 atom stereocenters. The number of anilines is 1. The molecule has 5 rings (SSSR count). The van der Waals surface area contributed by atoms with Crippen LogP contribution < -0.4 is 5.32 Å². The second-order valence-electron chi connectivity index (χ2n) is 9.94. The lowest BCUT2D eigenvalue weighted by molar-refractivity contribution is -0.0566. The quantitative estimate of drug-likeness (QED) is 0.363. The van der Waals surface area contributed by atoms with Crippen LogP contribution in [0.1, 0.15) is 34.5 Å². The fraction of sp³-hybridized carbons (Fsp3) is 0.321. The zero-order valence-electron chi connectivity index (χ0n) is 21.0. The number of carbonyl (C=O) groups is 1. The van der Waals surface area contributed by atoms with Crippen molar-refractivity contribution >= 4 is 22.5 Å². The summed E-state index contributed by atoms with van der Waals surface area (Å²) < 4.78 is 27.0. The number of rotatable bonds is 7.